The van der Waals surface area contributed by atoms with Crippen molar-refractivity contribution in [2.24, 2.45) is 0 Å². The molecule has 3 aromatic rings. The number of anilines is 3. The largest absolute Gasteiger partial charge is 0.573 e. The molecule has 0 spiro atoms. The van der Waals surface area contributed by atoms with Gasteiger partial charge in [-0.05, 0) is 74.2 Å². The number of rotatable bonds is 7. The van der Waals surface area contributed by atoms with Crippen LogP contribution in [0.3, 0.4) is 0 Å². The summed E-state index contributed by atoms with van der Waals surface area (Å²) >= 11 is 0. The molecule has 2 heterocycles. The highest BCUT2D eigenvalue weighted by molar-refractivity contribution is 5.51. The van der Waals surface area contributed by atoms with E-state index in [0.29, 0.717) is 32.1 Å². The molecule has 2 aliphatic rings. The first kappa shape index (κ1) is 28.6. The van der Waals surface area contributed by atoms with E-state index < -0.39 is 18.1 Å². The maximum absolute atomic E-state index is 12.9. The molecule has 220 valence electrons. The smallest absolute Gasteiger partial charge is 0.474 e. The average molecular weight is 582 g/mol. The number of nitrogens with zero attached hydrogens (tertiary/aromatic N) is 4. The van der Waals surface area contributed by atoms with E-state index in [-0.39, 0.29) is 17.9 Å². The third-order valence-corrected chi connectivity index (χ3v) is 7.21. The van der Waals surface area contributed by atoms with Crippen molar-refractivity contribution in [2.75, 3.05) is 41.3 Å². The van der Waals surface area contributed by atoms with Gasteiger partial charge >= 0.3 is 12.5 Å². The fraction of sp³-hybridized carbons (Fsp3) is 0.429. The summed E-state index contributed by atoms with van der Waals surface area (Å²) in [6.45, 7) is 2.58. The highest BCUT2D eigenvalue weighted by Gasteiger charge is 2.32. The van der Waals surface area contributed by atoms with Crippen LogP contribution in [0.15, 0.2) is 60.9 Å². The predicted octanol–water partition coefficient (Wildman–Crippen LogP) is 6.52. The molecule has 0 radical (unpaired) electrons. The number of nitrogens with one attached hydrogen (secondary N) is 1. The number of hydrogen-bond acceptors (Lipinski definition) is 7. The second-order valence-corrected chi connectivity index (χ2v) is 10.0. The lowest BCUT2D eigenvalue weighted by atomic mass is 9.92. The molecule has 1 saturated carbocycles. The molecule has 0 bridgehead atoms. The van der Waals surface area contributed by atoms with Crippen LogP contribution in [-0.4, -0.2) is 54.7 Å². The summed E-state index contributed by atoms with van der Waals surface area (Å²) in [6, 6.07) is 12.9. The van der Waals surface area contributed by atoms with Gasteiger partial charge in [0.05, 0.1) is 5.56 Å². The Morgan fingerprint density at radius 1 is 0.756 bits per heavy atom. The molecule has 5 rings (SSSR count). The highest BCUT2D eigenvalue weighted by atomic mass is 19.4. The van der Waals surface area contributed by atoms with Gasteiger partial charge in [0.25, 0.3) is 0 Å². The van der Waals surface area contributed by atoms with E-state index in [1.165, 1.54) is 30.6 Å². The van der Waals surface area contributed by atoms with Crippen molar-refractivity contribution in [1.29, 1.82) is 0 Å². The lowest BCUT2D eigenvalue weighted by molar-refractivity contribution is -0.274. The third-order valence-electron chi connectivity index (χ3n) is 7.21. The number of piperazine rings is 1. The van der Waals surface area contributed by atoms with E-state index in [4.69, 9.17) is 4.74 Å². The van der Waals surface area contributed by atoms with E-state index in [1.54, 1.807) is 12.1 Å². The van der Waals surface area contributed by atoms with Crippen LogP contribution in [0.5, 0.6) is 11.6 Å². The maximum Gasteiger partial charge on any atom is 0.573 e. The molecule has 0 atom stereocenters. The fourth-order valence-electron chi connectivity index (χ4n) is 5.11. The summed E-state index contributed by atoms with van der Waals surface area (Å²) in [5.74, 6) is 0.956. The number of benzene rings is 2. The quantitative estimate of drug-likeness (QED) is 0.319. The van der Waals surface area contributed by atoms with Gasteiger partial charge in [-0.2, -0.15) is 13.2 Å². The van der Waals surface area contributed by atoms with Crippen molar-refractivity contribution in [3.05, 3.63) is 66.5 Å². The second-order valence-electron chi connectivity index (χ2n) is 10.0. The number of halogens is 6. The molecule has 1 aromatic heterocycles. The molecule has 1 aliphatic heterocycles. The Bertz CT molecular complexity index is 1270. The number of hydrogen-bond donors (Lipinski definition) is 1. The zero-order valence-corrected chi connectivity index (χ0v) is 22.0. The van der Waals surface area contributed by atoms with Crippen LogP contribution in [0.4, 0.5) is 43.5 Å². The first-order chi connectivity index (χ1) is 19.5. The van der Waals surface area contributed by atoms with Crippen molar-refractivity contribution in [3.8, 4) is 11.6 Å². The summed E-state index contributed by atoms with van der Waals surface area (Å²) in [7, 11) is 0. The SMILES string of the molecule is FC(F)(F)Oc1ccc(NC2CCC(Oc3cc(N4CCN(c5ccc(C(F)(F)F)cc5)CC4)ncn3)CC2)cc1. The molecule has 1 aliphatic carbocycles. The van der Waals surface area contributed by atoms with Crippen LogP contribution in [-0.2, 0) is 6.18 Å². The van der Waals surface area contributed by atoms with Crippen molar-refractivity contribution in [2.45, 2.75) is 50.4 Å². The van der Waals surface area contributed by atoms with Gasteiger partial charge in [0.2, 0.25) is 5.88 Å². The molecule has 13 heteroatoms. The van der Waals surface area contributed by atoms with Crippen LogP contribution in [0.2, 0.25) is 0 Å². The Hall–Kier alpha value is -3.90. The van der Waals surface area contributed by atoms with Crippen LogP contribution < -0.4 is 24.6 Å². The van der Waals surface area contributed by atoms with E-state index in [2.05, 4.69) is 24.9 Å². The molecule has 1 saturated heterocycles. The van der Waals surface area contributed by atoms with Crippen LogP contribution in [0, 0.1) is 0 Å². The van der Waals surface area contributed by atoms with Crippen molar-refractivity contribution in [3.63, 3.8) is 0 Å². The maximum atomic E-state index is 12.9. The molecule has 1 N–H and O–H groups in total. The Balaban J connectivity index is 1.08. The van der Waals surface area contributed by atoms with Crippen molar-refractivity contribution in [1.82, 2.24) is 9.97 Å². The highest BCUT2D eigenvalue weighted by Crippen LogP contribution is 2.32. The molecule has 7 nitrogen and oxygen atoms in total. The topological polar surface area (TPSA) is 62.8 Å². The molecular weight excluding hydrogens is 552 g/mol. The lowest BCUT2D eigenvalue weighted by Gasteiger charge is -2.37. The molecule has 41 heavy (non-hydrogen) atoms. The van der Waals surface area contributed by atoms with Gasteiger partial charge in [-0.1, -0.05) is 0 Å². The van der Waals surface area contributed by atoms with Crippen LogP contribution >= 0.6 is 0 Å². The Labute approximate surface area is 233 Å². The molecule has 0 unspecified atom stereocenters. The number of aromatic nitrogens is 2. The Kier molecular flexibility index (Phi) is 8.32. The monoisotopic (exact) mass is 581 g/mol. The standard InChI is InChI=1S/C28H29F6N5O2/c29-27(30,31)19-1-7-22(8-2-19)38-13-15-39(16-14-38)25-17-26(36-18-35-25)40-23-9-3-20(4-10-23)37-21-5-11-24(12-6-21)41-28(32,33)34/h1-2,5-8,11-12,17-18,20,23,37H,3-4,9-10,13-16H2. The van der Waals surface area contributed by atoms with Gasteiger partial charge in [0.1, 0.15) is 24.0 Å². The Morgan fingerprint density at radius 3 is 2.00 bits per heavy atom. The minimum absolute atomic E-state index is 0.0186. The average Bonchev–Trinajstić information content (AvgIpc) is 2.94. The first-order valence-electron chi connectivity index (χ1n) is 13.3. The molecular formula is C28H29F6N5O2. The lowest BCUT2D eigenvalue weighted by Crippen LogP contribution is -2.46. The summed E-state index contributed by atoms with van der Waals surface area (Å²) in [5.41, 5.74) is 0.816. The van der Waals surface area contributed by atoms with Gasteiger partial charge in [-0.3, -0.25) is 0 Å². The van der Waals surface area contributed by atoms with Crippen LogP contribution in [0.1, 0.15) is 31.2 Å². The minimum Gasteiger partial charge on any atom is -0.474 e. The number of alkyl halides is 6. The molecule has 2 fully saturated rings. The summed E-state index contributed by atoms with van der Waals surface area (Å²) < 4.78 is 85.7. The van der Waals surface area contributed by atoms with E-state index in [1.807, 2.05) is 11.0 Å². The van der Waals surface area contributed by atoms with Gasteiger partial charge in [0.15, 0.2) is 0 Å². The predicted molar refractivity (Wildman–Crippen MR) is 141 cm³/mol. The summed E-state index contributed by atoms with van der Waals surface area (Å²) in [5, 5.41) is 3.35. The van der Waals surface area contributed by atoms with Gasteiger partial charge < -0.3 is 24.6 Å². The van der Waals surface area contributed by atoms with Crippen molar-refractivity contribution < 1.29 is 35.8 Å². The van der Waals surface area contributed by atoms with Gasteiger partial charge in [0, 0.05) is 49.7 Å². The van der Waals surface area contributed by atoms with E-state index in [0.717, 1.165) is 55.0 Å². The first-order valence-corrected chi connectivity index (χ1v) is 13.3. The van der Waals surface area contributed by atoms with E-state index >= 15 is 0 Å². The minimum atomic E-state index is -4.72. The van der Waals surface area contributed by atoms with Gasteiger partial charge in [-0.25, -0.2) is 9.97 Å². The van der Waals surface area contributed by atoms with E-state index in [9.17, 15) is 26.3 Å². The second kappa shape index (κ2) is 11.9. The molecule has 0 amide bonds. The summed E-state index contributed by atoms with van der Waals surface area (Å²) in [4.78, 5) is 12.8. The number of ether oxygens (including phenoxy) is 2. The third kappa shape index (κ3) is 7.86. The molecule has 2 aromatic carbocycles. The normalized spacial score (nSPS) is 20.0. The zero-order valence-electron chi connectivity index (χ0n) is 22.0. The van der Waals surface area contributed by atoms with Crippen LogP contribution in [0.25, 0.3) is 0 Å². The van der Waals surface area contributed by atoms with Crippen molar-refractivity contribution >= 4 is 17.2 Å². The zero-order chi connectivity index (χ0) is 29.0. The fourth-order valence-corrected chi connectivity index (χ4v) is 5.11. The summed E-state index contributed by atoms with van der Waals surface area (Å²) in [6.07, 6.45) is -4.39. The Morgan fingerprint density at radius 2 is 1.39 bits per heavy atom. The van der Waals surface area contributed by atoms with Gasteiger partial charge in [-0.15, -0.1) is 13.2 Å².